The molecule has 0 aliphatic rings. The number of alkyl halides is 1. The molecule has 0 fully saturated rings. The summed E-state index contributed by atoms with van der Waals surface area (Å²) < 4.78 is 44.3. The zero-order valence-electron chi connectivity index (χ0n) is 11.1. The minimum Gasteiger partial charge on any atom is -0.308 e. The van der Waals surface area contributed by atoms with Crippen LogP contribution in [0.1, 0.15) is 27.7 Å². The van der Waals surface area contributed by atoms with Crippen LogP contribution in [0.5, 0.6) is 0 Å². The lowest BCUT2D eigenvalue weighted by Gasteiger charge is -2.27. The fraction of sp³-hybridized carbons (Fsp3) is 1.00. The van der Waals surface area contributed by atoms with Crippen molar-refractivity contribution < 1.29 is 27.2 Å². The molecule has 18 heavy (non-hydrogen) atoms. The third kappa shape index (κ3) is 5.04. The van der Waals surface area contributed by atoms with Crippen LogP contribution >= 0.6 is 31.1 Å². The number of rotatable bonds is 10. The minimum atomic E-state index is -3.59. The highest BCUT2D eigenvalue weighted by Crippen LogP contribution is 2.72. The van der Waals surface area contributed by atoms with Gasteiger partial charge in [-0.25, -0.2) is 0 Å². The highest BCUT2D eigenvalue weighted by Gasteiger charge is 2.49. The summed E-state index contributed by atoms with van der Waals surface area (Å²) in [6.07, 6.45) is 0. The first-order valence-corrected chi connectivity index (χ1v) is 9.95. The van der Waals surface area contributed by atoms with E-state index < -0.39 is 19.5 Å². The van der Waals surface area contributed by atoms with Gasteiger partial charge in [0.15, 0.2) is 0 Å². The van der Waals surface area contributed by atoms with E-state index in [9.17, 15) is 9.13 Å². The molecule has 0 saturated carbocycles. The average molecular weight is 367 g/mol. The standard InChI is InChI=1S/C9H21BrO6P2/c1-5-13-17(11,14-6-2)9(10)18(12,15-7-3)16-8-4/h9H,5-8H2,1-4H3. The summed E-state index contributed by atoms with van der Waals surface area (Å²) in [6.45, 7) is 7.43. The van der Waals surface area contributed by atoms with Gasteiger partial charge in [0, 0.05) is 0 Å². The molecule has 0 amide bonds. The van der Waals surface area contributed by atoms with Crippen molar-refractivity contribution in [3.8, 4) is 0 Å². The van der Waals surface area contributed by atoms with E-state index in [4.69, 9.17) is 18.1 Å². The molecule has 0 aliphatic heterocycles. The summed E-state index contributed by atoms with van der Waals surface area (Å²) in [4.78, 5) is 0. The van der Waals surface area contributed by atoms with E-state index >= 15 is 0 Å². The van der Waals surface area contributed by atoms with Crippen molar-refractivity contribution in [2.45, 2.75) is 32.0 Å². The average Bonchev–Trinajstić information content (AvgIpc) is 2.29. The summed E-state index contributed by atoms with van der Waals surface area (Å²) in [6, 6.07) is 0. The molecule has 0 rings (SSSR count). The fourth-order valence-corrected chi connectivity index (χ4v) is 6.90. The molecule has 9 heteroatoms. The van der Waals surface area contributed by atoms with Crippen LogP contribution in [0.15, 0.2) is 0 Å². The second kappa shape index (κ2) is 8.85. The predicted octanol–water partition coefficient (Wildman–Crippen LogP) is 4.20. The molecule has 0 N–H and O–H groups in total. The Morgan fingerprint density at radius 1 is 0.778 bits per heavy atom. The van der Waals surface area contributed by atoms with Gasteiger partial charge in [0.25, 0.3) is 0 Å². The normalized spacial score (nSPS) is 13.2. The van der Waals surface area contributed by atoms with Crippen molar-refractivity contribution in [2.24, 2.45) is 0 Å². The molecule has 0 unspecified atom stereocenters. The molecule has 0 aliphatic carbocycles. The maximum atomic E-state index is 12.5. The molecule has 0 bridgehead atoms. The molecule has 110 valence electrons. The Morgan fingerprint density at radius 3 is 1.17 bits per heavy atom. The minimum absolute atomic E-state index is 0.178. The Bertz CT molecular complexity index is 274. The lowest BCUT2D eigenvalue weighted by Crippen LogP contribution is -2.12. The molecule has 0 spiro atoms. The zero-order valence-corrected chi connectivity index (χ0v) is 14.5. The molecule has 0 aromatic heterocycles. The van der Waals surface area contributed by atoms with Crippen LogP contribution in [-0.2, 0) is 27.2 Å². The van der Waals surface area contributed by atoms with Gasteiger partial charge in [-0.1, -0.05) is 15.9 Å². The van der Waals surface area contributed by atoms with Crippen molar-refractivity contribution in [3.05, 3.63) is 0 Å². The van der Waals surface area contributed by atoms with E-state index in [1.165, 1.54) is 0 Å². The Balaban J connectivity index is 5.18. The van der Waals surface area contributed by atoms with E-state index in [2.05, 4.69) is 15.9 Å². The molecule has 6 nitrogen and oxygen atoms in total. The van der Waals surface area contributed by atoms with Crippen LogP contribution < -0.4 is 0 Å². The third-order valence-electron chi connectivity index (χ3n) is 1.76. The van der Waals surface area contributed by atoms with Gasteiger partial charge in [0.2, 0.25) is 4.31 Å². The summed E-state index contributed by atoms with van der Waals surface area (Å²) in [5, 5.41) is 0. The van der Waals surface area contributed by atoms with Crippen LogP contribution in [0.3, 0.4) is 0 Å². The number of halogens is 1. The van der Waals surface area contributed by atoms with E-state index in [1.807, 2.05) is 0 Å². The van der Waals surface area contributed by atoms with Crippen LogP contribution in [0.25, 0.3) is 0 Å². The van der Waals surface area contributed by atoms with Crippen LogP contribution in [-0.4, -0.2) is 30.7 Å². The van der Waals surface area contributed by atoms with Crippen molar-refractivity contribution in [2.75, 3.05) is 26.4 Å². The van der Waals surface area contributed by atoms with Crippen LogP contribution in [0, 0.1) is 0 Å². The fourth-order valence-electron chi connectivity index (χ4n) is 1.21. The number of hydrogen-bond acceptors (Lipinski definition) is 6. The largest absolute Gasteiger partial charge is 0.356 e. The quantitative estimate of drug-likeness (QED) is 0.426. The maximum Gasteiger partial charge on any atom is 0.356 e. The molecule has 0 aromatic carbocycles. The Kier molecular flexibility index (Phi) is 9.24. The summed E-state index contributed by atoms with van der Waals surface area (Å²) in [5.41, 5.74) is 0. The van der Waals surface area contributed by atoms with Gasteiger partial charge in [0.1, 0.15) is 0 Å². The summed E-state index contributed by atoms with van der Waals surface area (Å²) in [7, 11) is -7.18. The van der Waals surface area contributed by atoms with Gasteiger partial charge in [-0.15, -0.1) is 0 Å². The first-order valence-electron chi connectivity index (χ1n) is 5.81. The van der Waals surface area contributed by atoms with E-state index in [0.29, 0.717) is 0 Å². The van der Waals surface area contributed by atoms with E-state index in [0.717, 1.165) is 0 Å². The van der Waals surface area contributed by atoms with Gasteiger partial charge in [0.05, 0.1) is 26.4 Å². The van der Waals surface area contributed by atoms with Gasteiger partial charge in [-0.3, -0.25) is 9.13 Å². The molecular formula is C9H21BrO6P2. The lowest BCUT2D eigenvalue weighted by molar-refractivity contribution is 0.204. The Hall–Kier alpha value is 0.780. The van der Waals surface area contributed by atoms with Gasteiger partial charge >= 0.3 is 15.2 Å². The molecular weight excluding hydrogens is 346 g/mol. The highest BCUT2D eigenvalue weighted by atomic mass is 79.9. The second-order valence-corrected chi connectivity index (χ2v) is 10.0. The summed E-state index contributed by atoms with van der Waals surface area (Å²) in [5.74, 6) is 0. The molecule has 0 atom stereocenters. The third-order valence-corrected chi connectivity index (χ3v) is 9.98. The molecule has 0 radical (unpaired) electrons. The number of hydrogen-bond donors (Lipinski definition) is 0. The van der Waals surface area contributed by atoms with Crippen molar-refractivity contribution in [1.29, 1.82) is 0 Å². The maximum absolute atomic E-state index is 12.5. The first kappa shape index (κ1) is 18.8. The Labute approximate surface area is 117 Å². The van der Waals surface area contributed by atoms with E-state index in [1.54, 1.807) is 27.7 Å². The summed E-state index contributed by atoms with van der Waals surface area (Å²) >= 11 is 3.10. The van der Waals surface area contributed by atoms with Gasteiger partial charge in [-0.05, 0) is 27.7 Å². The smallest absolute Gasteiger partial charge is 0.308 e. The van der Waals surface area contributed by atoms with Crippen LogP contribution in [0.4, 0.5) is 0 Å². The Morgan fingerprint density at radius 2 is 1.00 bits per heavy atom. The monoisotopic (exact) mass is 366 g/mol. The predicted molar refractivity (Wildman–Crippen MR) is 74.4 cm³/mol. The lowest BCUT2D eigenvalue weighted by atomic mass is 10.9. The van der Waals surface area contributed by atoms with Crippen molar-refractivity contribution in [3.63, 3.8) is 0 Å². The van der Waals surface area contributed by atoms with Gasteiger partial charge < -0.3 is 18.1 Å². The van der Waals surface area contributed by atoms with Crippen LogP contribution in [0.2, 0.25) is 0 Å². The van der Waals surface area contributed by atoms with Crippen molar-refractivity contribution in [1.82, 2.24) is 0 Å². The second-order valence-electron chi connectivity index (χ2n) is 3.06. The zero-order chi connectivity index (χ0) is 14.2. The van der Waals surface area contributed by atoms with Crippen molar-refractivity contribution >= 4 is 31.1 Å². The molecule has 0 heterocycles. The topological polar surface area (TPSA) is 71.1 Å². The first-order chi connectivity index (χ1) is 8.40. The van der Waals surface area contributed by atoms with E-state index in [-0.39, 0.29) is 26.4 Å². The van der Waals surface area contributed by atoms with Gasteiger partial charge in [-0.2, -0.15) is 0 Å². The molecule has 0 saturated heterocycles. The molecule has 0 aromatic rings. The highest BCUT2D eigenvalue weighted by molar-refractivity contribution is 9.12. The SMILES string of the molecule is CCOP(=O)(OCC)C(Br)P(=O)(OCC)OCC.